The van der Waals surface area contributed by atoms with Gasteiger partial charge in [0.05, 0.1) is 23.9 Å². The summed E-state index contributed by atoms with van der Waals surface area (Å²) in [5, 5.41) is 0. The van der Waals surface area contributed by atoms with Crippen LogP contribution in [0.5, 0.6) is 5.75 Å². The molecule has 0 aliphatic carbocycles. The summed E-state index contributed by atoms with van der Waals surface area (Å²) in [5.74, 6) is 0.430. The fourth-order valence-electron chi connectivity index (χ4n) is 2.74. The van der Waals surface area contributed by atoms with Crippen LogP contribution in [-0.2, 0) is 16.1 Å². The maximum absolute atomic E-state index is 11.5. The molecule has 0 aliphatic rings. The second-order valence-electron chi connectivity index (χ2n) is 6.18. The number of carbonyl (C=O) groups excluding carboxylic acids is 1. The lowest BCUT2D eigenvalue weighted by Gasteiger charge is -2.19. The summed E-state index contributed by atoms with van der Waals surface area (Å²) in [6.07, 6.45) is 1.39. The van der Waals surface area contributed by atoms with Crippen molar-refractivity contribution in [3.8, 4) is 5.75 Å². The van der Waals surface area contributed by atoms with E-state index in [4.69, 9.17) is 9.47 Å². The Balaban J connectivity index is 0.00000243. The fourth-order valence-corrected chi connectivity index (χ4v) is 2.74. The number of para-hydroxylation sites is 1. The molecule has 1 unspecified atom stereocenters. The standard InChI is InChI=1S/C20H22N2O3.ClH/c1-14-9-19-20(10-15(14)2)22(13-21-19)11-18(25-16(3)23)12-24-17-7-5-4-6-8-17;/h4-10,13,18H,11-12H2,1-3H3;1H. The van der Waals surface area contributed by atoms with Gasteiger partial charge in [0.15, 0.2) is 6.10 Å². The lowest BCUT2D eigenvalue weighted by molar-refractivity contribution is -0.148. The highest BCUT2D eigenvalue weighted by Gasteiger charge is 2.16. The summed E-state index contributed by atoms with van der Waals surface area (Å²) < 4.78 is 13.2. The number of rotatable bonds is 6. The van der Waals surface area contributed by atoms with E-state index >= 15 is 0 Å². The number of imidazole rings is 1. The van der Waals surface area contributed by atoms with Crippen molar-refractivity contribution < 1.29 is 14.3 Å². The molecular weight excluding hydrogens is 352 g/mol. The van der Waals surface area contributed by atoms with E-state index in [-0.39, 0.29) is 25.0 Å². The smallest absolute Gasteiger partial charge is 0.303 e. The number of hydrogen-bond acceptors (Lipinski definition) is 4. The molecule has 0 amide bonds. The number of hydrogen-bond donors (Lipinski definition) is 0. The number of fused-ring (bicyclic) bond motifs is 1. The summed E-state index contributed by atoms with van der Waals surface area (Å²) in [5.41, 5.74) is 4.38. The number of nitrogens with zero attached hydrogens (tertiary/aromatic N) is 2. The SMILES string of the molecule is CC(=O)OC(COc1ccccc1)Cn1cnc2cc(C)c(C)cc21.Cl. The number of aryl methyl sites for hydroxylation is 2. The minimum atomic E-state index is -0.392. The van der Waals surface area contributed by atoms with Crippen molar-refractivity contribution in [1.82, 2.24) is 9.55 Å². The van der Waals surface area contributed by atoms with Gasteiger partial charge in [0.25, 0.3) is 0 Å². The first kappa shape index (κ1) is 19.8. The molecule has 0 saturated heterocycles. The molecule has 3 rings (SSSR count). The second-order valence-corrected chi connectivity index (χ2v) is 6.18. The third-order valence-electron chi connectivity index (χ3n) is 4.15. The third kappa shape index (κ3) is 4.76. The van der Waals surface area contributed by atoms with Gasteiger partial charge < -0.3 is 14.0 Å². The van der Waals surface area contributed by atoms with Gasteiger partial charge in [0.1, 0.15) is 12.4 Å². The first-order chi connectivity index (χ1) is 12.0. The van der Waals surface area contributed by atoms with Gasteiger partial charge in [-0.25, -0.2) is 4.98 Å². The van der Waals surface area contributed by atoms with Crippen molar-refractivity contribution in [1.29, 1.82) is 0 Å². The van der Waals surface area contributed by atoms with Gasteiger partial charge in [-0.1, -0.05) is 18.2 Å². The first-order valence-corrected chi connectivity index (χ1v) is 8.30. The van der Waals surface area contributed by atoms with E-state index in [1.807, 2.05) is 34.9 Å². The van der Waals surface area contributed by atoms with Gasteiger partial charge in [-0.05, 0) is 49.2 Å². The molecule has 1 atom stereocenters. The minimum Gasteiger partial charge on any atom is -0.490 e. The molecule has 0 aliphatic heterocycles. The summed E-state index contributed by atoms with van der Waals surface area (Å²) in [7, 11) is 0. The molecule has 0 fully saturated rings. The van der Waals surface area contributed by atoms with Crippen LogP contribution in [-0.4, -0.2) is 28.2 Å². The molecular formula is C20H23ClN2O3. The molecule has 0 spiro atoms. The van der Waals surface area contributed by atoms with Crippen LogP contribution < -0.4 is 4.74 Å². The number of benzene rings is 2. The van der Waals surface area contributed by atoms with Crippen LogP contribution >= 0.6 is 12.4 Å². The molecule has 5 nitrogen and oxygen atoms in total. The zero-order chi connectivity index (χ0) is 17.8. The Morgan fingerprint density at radius 3 is 2.54 bits per heavy atom. The number of carbonyl (C=O) groups is 1. The lowest BCUT2D eigenvalue weighted by atomic mass is 10.1. The Hall–Kier alpha value is -2.53. The molecule has 0 bridgehead atoms. The van der Waals surface area contributed by atoms with Crippen molar-refractivity contribution in [3.63, 3.8) is 0 Å². The largest absolute Gasteiger partial charge is 0.490 e. The third-order valence-corrected chi connectivity index (χ3v) is 4.15. The van der Waals surface area contributed by atoms with Crippen LogP contribution in [0, 0.1) is 13.8 Å². The number of halogens is 1. The molecule has 0 saturated carbocycles. The highest BCUT2D eigenvalue weighted by Crippen LogP contribution is 2.19. The van der Waals surface area contributed by atoms with E-state index in [1.165, 1.54) is 18.1 Å². The Morgan fingerprint density at radius 1 is 1.15 bits per heavy atom. The second kappa shape index (κ2) is 8.72. The van der Waals surface area contributed by atoms with Crippen LogP contribution in [0.4, 0.5) is 0 Å². The summed E-state index contributed by atoms with van der Waals surface area (Å²) in [6, 6.07) is 13.7. The van der Waals surface area contributed by atoms with E-state index in [9.17, 15) is 4.79 Å². The zero-order valence-electron chi connectivity index (χ0n) is 15.1. The predicted octanol–water partition coefficient (Wildman–Crippen LogP) is 4.09. The van der Waals surface area contributed by atoms with Crippen molar-refractivity contribution >= 4 is 29.4 Å². The van der Waals surface area contributed by atoms with Crippen molar-refractivity contribution in [2.45, 2.75) is 33.4 Å². The lowest BCUT2D eigenvalue weighted by Crippen LogP contribution is -2.28. The maximum atomic E-state index is 11.5. The average Bonchev–Trinajstić information content (AvgIpc) is 2.95. The van der Waals surface area contributed by atoms with E-state index in [0.717, 1.165) is 16.8 Å². The molecule has 0 radical (unpaired) electrons. The molecule has 1 heterocycles. The molecule has 26 heavy (non-hydrogen) atoms. The Kier molecular flexibility index (Phi) is 6.64. The summed E-state index contributed by atoms with van der Waals surface area (Å²) in [6.45, 7) is 6.34. The van der Waals surface area contributed by atoms with Crippen LogP contribution in [0.2, 0.25) is 0 Å². The fraction of sp³-hybridized carbons (Fsp3) is 0.300. The Labute approximate surface area is 159 Å². The summed E-state index contributed by atoms with van der Waals surface area (Å²) >= 11 is 0. The number of aromatic nitrogens is 2. The minimum absolute atomic E-state index is 0. The van der Waals surface area contributed by atoms with Gasteiger partial charge in [0.2, 0.25) is 0 Å². The Bertz CT molecular complexity index is 877. The highest BCUT2D eigenvalue weighted by molar-refractivity contribution is 5.85. The number of ether oxygens (including phenoxy) is 2. The Morgan fingerprint density at radius 2 is 1.85 bits per heavy atom. The molecule has 2 aromatic carbocycles. The summed E-state index contributed by atoms with van der Waals surface area (Å²) in [4.78, 5) is 15.9. The van der Waals surface area contributed by atoms with E-state index in [0.29, 0.717) is 6.54 Å². The van der Waals surface area contributed by atoms with Crippen LogP contribution in [0.15, 0.2) is 48.8 Å². The average molecular weight is 375 g/mol. The maximum Gasteiger partial charge on any atom is 0.303 e. The molecule has 1 aromatic heterocycles. The van der Waals surface area contributed by atoms with Gasteiger partial charge in [-0.2, -0.15) is 0 Å². The van der Waals surface area contributed by atoms with Crippen molar-refractivity contribution in [2.75, 3.05) is 6.61 Å². The van der Waals surface area contributed by atoms with E-state index in [1.54, 1.807) is 6.33 Å². The first-order valence-electron chi connectivity index (χ1n) is 8.30. The van der Waals surface area contributed by atoms with Gasteiger partial charge in [-0.3, -0.25) is 4.79 Å². The van der Waals surface area contributed by atoms with Crippen molar-refractivity contribution in [2.24, 2.45) is 0 Å². The quantitative estimate of drug-likeness (QED) is 0.610. The normalized spacial score (nSPS) is 11.7. The van der Waals surface area contributed by atoms with E-state index in [2.05, 4.69) is 31.0 Å². The molecule has 3 aromatic rings. The van der Waals surface area contributed by atoms with Crippen LogP contribution in [0.3, 0.4) is 0 Å². The zero-order valence-corrected chi connectivity index (χ0v) is 16.0. The van der Waals surface area contributed by atoms with Crippen LogP contribution in [0.25, 0.3) is 11.0 Å². The monoisotopic (exact) mass is 374 g/mol. The predicted molar refractivity (Wildman–Crippen MR) is 104 cm³/mol. The topological polar surface area (TPSA) is 53.4 Å². The van der Waals surface area contributed by atoms with Gasteiger partial charge in [0, 0.05) is 6.92 Å². The molecule has 6 heteroatoms. The van der Waals surface area contributed by atoms with Crippen molar-refractivity contribution in [3.05, 3.63) is 59.9 Å². The van der Waals surface area contributed by atoms with Gasteiger partial charge >= 0.3 is 5.97 Å². The molecule has 0 N–H and O–H groups in total. The van der Waals surface area contributed by atoms with Crippen LogP contribution in [0.1, 0.15) is 18.1 Å². The van der Waals surface area contributed by atoms with E-state index < -0.39 is 6.10 Å². The molecule has 138 valence electrons. The van der Waals surface area contributed by atoms with Gasteiger partial charge in [-0.15, -0.1) is 12.4 Å². The highest BCUT2D eigenvalue weighted by atomic mass is 35.5. The number of esters is 1.